The molecule has 0 spiro atoms. The number of nitrogens with one attached hydrogen (secondary N) is 1. The van der Waals surface area contributed by atoms with E-state index in [0.29, 0.717) is 12.1 Å². The first-order valence-electron chi connectivity index (χ1n) is 12.0. The molecule has 33 heavy (non-hydrogen) atoms. The lowest BCUT2D eigenvalue weighted by Crippen LogP contribution is -2.44. The molecule has 0 saturated carbocycles. The van der Waals surface area contributed by atoms with Gasteiger partial charge in [0.2, 0.25) is 0 Å². The van der Waals surface area contributed by atoms with Gasteiger partial charge in [0, 0.05) is 36.8 Å². The average Bonchev–Trinajstić information content (AvgIpc) is 3.32. The van der Waals surface area contributed by atoms with Crippen LogP contribution in [0.15, 0.2) is 58.6 Å². The van der Waals surface area contributed by atoms with Crippen molar-refractivity contribution >= 4 is 17.5 Å². The summed E-state index contributed by atoms with van der Waals surface area (Å²) in [5, 5.41) is 3.44. The first kappa shape index (κ1) is 23.3. The first-order valence-corrected chi connectivity index (χ1v) is 12.0. The van der Waals surface area contributed by atoms with Gasteiger partial charge in [0.1, 0.15) is 11.6 Å². The number of allylic oxidation sites excluding steroid dienone is 1. The molecule has 2 atom stereocenters. The summed E-state index contributed by atoms with van der Waals surface area (Å²) >= 11 is 0. The molecule has 1 N–H and O–H groups in total. The van der Waals surface area contributed by atoms with Crippen LogP contribution in [-0.4, -0.2) is 36.2 Å². The van der Waals surface area contributed by atoms with Crippen molar-refractivity contribution < 1.29 is 8.78 Å². The largest absolute Gasteiger partial charge is 0.357 e. The van der Waals surface area contributed by atoms with Crippen LogP contribution in [0.25, 0.3) is 5.57 Å². The highest BCUT2D eigenvalue weighted by Gasteiger charge is 2.24. The minimum absolute atomic E-state index is 0.00968. The monoisotopic (exact) mass is 450 g/mol. The van der Waals surface area contributed by atoms with Crippen LogP contribution >= 0.6 is 0 Å². The highest BCUT2D eigenvalue weighted by Crippen LogP contribution is 2.33. The minimum atomic E-state index is -0.550. The van der Waals surface area contributed by atoms with Crippen molar-refractivity contribution in [2.45, 2.75) is 58.3 Å². The molecule has 0 bridgehead atoms. The molecule has 4 rings (SSSR count). The highest BCUT2D eigenvalue weighted by atomic mass is 19.1. The standard InChI is InChI=1S/C27H32F2N4/c1-3-5-16-33(15-4-2)27-30-17-21(18-31-27)19-9-11-20(12-10-19)24-13-14-25(32-24)26-22(28)7-6-8-23(26)29/h6-12,17-18,24,27,30H,3-5,13-16H2,1-2H3. The van der Waals surface area contributed by atoms with Gasteiger partial charge in [0.25, 0.3) is 0 Å². The van der Waals surface area contributed by atoms with Crippen LogP contribution in [0.2, 0.25) is 0 Å². The summed E-state index contributed by atoms with van der Waals surface area (Å²) in [7, 11) is 0. The summed E-state index contributed by atoms with van der Waals surface area (Å²) in [5.74, 6) is -1.10. The molecular weight excluding hydrogens is 418 g/mol. The fourth-order valence-electron chi connectivity index (χ4n) is 4.45. The van der Waals surface area contributed by atoms with Gasteiger partial charge >= 0.3 is 0 Å². The van der Waals surface area contributed by atoms with E-state index in [4.69, 9.17) is 4.99 Å². The Balaban J connectivity index is 1.43. The quantitative estimate of drug-likeness (QED) is 0.501. The molecule has 0 amide bonds. The number of nitrogens with zero attached hydrogens (tertiary/aromatic N) is 3. The van der Waals surface area contributed by atoms with E-state index in [1.54, 1.807) is 0 Å². The van der Waals surface area contributed by atoms with Crippen molar-refractivity contribution in [2.75, 3.05) is 13.1 Å². The van der Waals surface area contributed by atoms with Crippen LogP contribution in [-0.2, 0) is 0 Å². The van der Waals surface area contributed by atoms with Crippen LogP contribution in [0.4, 0.5) is 8.78 Å². The van der Waals surface area contributed by atoms with E-state index in [2.05, 4.69) is 53.3 Å². The average molecular weight is 451 g/mol. The third-order valence-electron chi connectivity index (χ3n) is 6.24. The number of unbranched alkanes of at least 4 members (excludes halogenated alkanes) is 1. The Kier molecular flexibility index (Phi) is 7.65. The highest BCUT2D eigenvalue weighted by molar-refractivity contribution is 6.10. The second kappa shape index (κ2) is 10.8. The summed E-state index contributed by atoms with van der Waals surface area (Å²) in [5.41, 5.74) is 3.69. The van der Waals surface area contributed by atoms with Gasteiger partial charge in [0.15, 0.2) is 6.29 Å². The molecule has 0 aliphatic carbocycles. The Bertz CT molecular complexity index is 1020. The molecule has 174 valence electrons. The molecular formula is C27H32F2N4. The van der Waals surface area contributed by atoms with E-state index in [1.807, 2.05) is 12.4 Å². The summed E-state index contributed by atoms with van der Waals surface area (Å²) < 4.78 is 28.2. The molecule has 0 saturated heterocycles. The molecule has 2 aliphatic rings. The molecule has 2 unspecified atom stereocenters. The predicted octanol–water partition coefficient (Wildman–Crippen LogP) is 6.10. The molecule has 4 nitrogen and oxygen atoms in total. The van der Waals surface area contributed by atoms with Crippen molar-refractivity contribution in [1.29, 1.82) is 0 Å². The summed E-state index contributed by atoms with van der Waals surface area (Å²) in [4.78, 5) is 11.8. The van der Waals surface area contributed by atoms with Gasteiger partial charge in [-0.3, -0.25) is 14.9 Å². The van der Waals surface area contributed by atoms with E-state index in [1.165, 1.54) is 31.0 Å². The van der Waals surface area contributed by atoms with E-state index < -0.39 is 11.6 Å². The van der Waals surface area contributed by atoms with E-state index in [-0.39, 0.29) is 17.9 Å². The smallest absolute Gasteiger partial charge is 0.175 e. The van der Waals surface area contributed by atoms with Gasteiger partial charge in [-0.15, -0.1) is 0 Å². The van der Waals surface area contributed by atoms with E-state index >= 15 is 0 Å². The van der Waals surface area contributed by atoms with Crippen LogP contribution in [0.3, 0.4) is 0 Å². The van der Waals surface area contributed by atoms with Crippen LogP contribution in [0.5, 0.6) is 0 Å². The number of hydrogen-bond donors (Lipinski definition) is 1. The minimum Gasteiger partial charge on any atom is -0.357 e. The summed E-state index contributed by atoms with van der Waals surface area (Å²) in [6, 6.07) is 12.1. The molecule has 2 aliphatic heterocycles. The topological polar surface area (TPSA) is 40.0 Å². The Morgan fingerprint density at radius 1 is 1.00 bits per heavy atom. The zero-order valence-electron chi connectivity index (χ0n) is 19.4. The third-order valence-corrected chi connectivity index (χ3v) is 6.24. The lowest BCUT2D eigenvalue weighted by molar-refractivity contribution is 0.181. The number of aliphatic imine (C=N–C) groups is 2. The molecule has 2 aromatic carbocycles. The van der Waals surface area contributed by atoms with Crippen molar-refractivity contribution in [3.63, 3.8) is 0 Å². The third kappa shape index (κ3) is 5.38. The molecule has 0 fully saturated rings. The second-order valence-electron chi connectivity index (χ2n) is 8.66. The van der Waals surface area contributed by atoms with Crippen molar-refractivity contribution in [3.8, 4) is 0 Å². The van der Waals surface area contributed by atoms with Gasteiger partial charge in [-0.25, -0.2) is 8.78 Å². The van der Waals surface area contributed by atoms with Gasteiger partial charge in [0.05, 0.1) is 11.6 Å². The summed E-state index contributed by atoms with van der Waals surface area (Å²) in [6.45, 7) is 6.46. The van der Waals surface area contributed by atoms with Gasteiger partial charge in [-0.1, -0.05) is 50.6 Å². The van der Waals surface area contributed by atoms with Crippen LogP contribution in [0, 0.1) is 11.6 Å². The van der Waals surface area contributed by atoms with E-state index in [9.17, 15) is 8.78 Å². The van der Waals surface area contributed by atoms with Crippen molar-refractivity contribution in [3.05, 3.63) is 77.0 Å². The SMILES string of the molecule is CCCCN(CCC)C1N=CC(c2ccc(C3CCC(c4c(F)cccc4F)=N3)cc2)=CN1. The Hall–Kier alpha value is -2.86. The summed E-state index contributed by atoms with van der Waals surface area (Å²) in [6.07, 6.45) is 8.73. The maximum atomic E-state index is 14.1. The lowest BCUT2D eigenvalue weighted by Gasteiger charge is -2.30. The number of halogens is 2. The number of hydrogen-bond acceptors (Lipinski definition) is 4. The molecule has 2 aromatic rings. The van der Waals surface area contributed by atoms with Crippen molar-refractivity contribution in [1.82, 2.24) is 10.2 Å². The zero-order chi connectivity index (χ0) is 23.2. The maximum Gasteiger partial charge on any atom is 0.175 e. The molecule has 6 heteroatoms. The van der Waals surface area contributed by atoms with Crippen LogP contribution < -0.4 is 5.32 Å². The van der Waals surface area contributed by atoms with Gasteiger partial charge in [-0.05, 0) is 48.9 Å². The molecule has 0 radical (unpaired) electrons. The number of benzene rings is 2. The van der Waals surface area contributed by atoms with E-state index in [0.717, 1.165) is 42.6 Å². The molecule has 0 aromatic heterocycles. The Labute approximate surface area is 195 Å². The first-order chi connectivity index (χ1) is 16.1. The van der Waals surface area contributed by atoms with Crippen LogP contribution in [0.1, 0.15) is 68.7 Å². The van der Waals surface area contributed by atoms with Gasteiger partial charge in [-0.2, -0.15) is 0 Å². The fraction of sp³-hybridized carbons (Fsp3) is 0.407. The Morgan fingerprint density at radius 2 is 1.76 bits per heavy atom. The number of rotatable bonds is 9. The van der Waals surface area contributed by atoms with Gasteiger partial charge < -0.3 is 5.32 Å². The molecule has 2 heterocycles. The lowest BCUT2D eigenvalue weighted by atomic mass is 9.99. The zero-order valence-corrected chi connectivity index (χ0v) is 19.4. The van der Waals surface area contributed by atoms with Crippen molar-refractivity contribution in [2.24, 2.45) is 9.98 Å². The maximum absolute atomic E-state index is 14.1. The normalized spacial score (nSPS) is 20.0. The predicted molar refractivity (Wildman–Crippen MR) is 131 cm³/mol. The fourth-order valence-corrected chi connectivity index (χ4v) is 4.45. The Morgan fingerprint density at radius 3 is 2.39 bits per heavy atom. The second-order valence-corrected chi connectivity index (χ2v) is 8.66.